The van der Waals surface area contributed by atoms with Crippen LogP contribution in [0, 0.1) is 5.41 Å². The number of hydrogen-bond acceptors (Lipinski definition) is 2. The van der Waals surface area contributed by atoms with Gasteiger partial charge < -0.3 is 10.6 Å². The zero-order valence-electron chi connectivity index (χ0n) is 12.3. The Morgan fingerprint density at radius 1 is 1.20 bits per heavy atom. The molecule has 0 aliphatic rings. The summed E-state index contributed by atoms with van der Waals surface area (Å²) in [4.78, 5) is 23.7. The fourth-order valence-electron chi connectivity index (χ4n) is 1.42. The lowest BCUT2D eigenvalue weighted by molar-refractivity contribution is -0.133. The van der Waals surface area contributed by atoms with E-state index in [9.17, 15) is 9.59 Å². The Bertz CT molecular complexity index is 478. The Morgan fingerprint density at radius 2 is 1.75 bits per heavy atom. The van der Waals surface area contributed by atoms with E-state index in [1.807, 2.05) is 45.0 Å². The van der Waals surface area contributed by atoms with Gasteiger partial charge in [0.15, 0.2) is 0 Å². The molecule has 0 aliphatic carbocycles. The zero-order chi connectivity index (χ0) is 15.3. The first-order chi connectivity index (χ1) is 9.20. The largest absolute Gasteiger partial charge is 0.350 e. The van der Waals surface area contributed by atoms with Crippen LogP contribution in [0.3, 0.4) is 0 Å². The Hall–Kier alpha value is -1.36. The average molecular weight is 341 g/mol. The zero-order valence-corrected chi connectivity index (χ0v) is 13.9. The lowest BCUT2D eigenvalue weighted by Gasteiger charge is -2.21. The van der Waals surface area contributed by atoms with Gasteiger partial charge in [0.25, 0.3) is 0 Å². The molecule has 0 saturated heterocycles. The minimum atomic E-state index is -0.544. The van der Waals surface area contributed by atoms with Crippen molar-refractivity contribution in [3.63, 3.8) is 0 Å². The molecule has 110 valence electrons. The number of benzene rings is 1. The molecule has 0 unspecified atom stereocenters. The van der Waals surface area contributed by atoms with Crippen molar-refractivity contribution in [2.45, 2.75) is 40.3 Å². The number of halogens is 1. The van der Waals surface area contributed by atoms with E-state index in [1.165, 1.54) is 0 Å². The molecule has 2 amide bonds. The molecule has 2 N–H and O–H groups in total. The molecule has 0 bridgehead atoms. The van der Waals surface area contributed by atoms with Crippen LogP contribution in [-0.2, 0) is 16.1 Å². The van der Waals surface area contributed by atoms with Crippen LogP contribution in [0.15, 0.2) is 28.7 Å². The molecule has 4 nitrogen and oxygen atoms in total. The summed E-state index contributed by atoms with van der Waals surface area (Å²) in [6.45, 7) is 7.57. The molecule has 0 radical (unpaired) electrons. The van der Waals surface area contributed by atoms with Crippen LogP contribution >= 0.6 is 15.9 Å². The van der Waals surface area contributed by atoms with Gasteiger partial charge in [0, 0.05) is 16.4 Å². The maximum Gasteiger partial charge on any atom is 0.242 e. The average Bonchev–Trinajstić information content (AvgIpc) is 2.36. The molecule has 0 aliphatic heterocycles. The van der Waals surface area contributed by atoms with E-state index in [1.54, 1.807) is 6.92 Å². The molecule has 0 heterocycles. The van der Waals surface area contributed by atoms with E-state index in [0.717, 1.165) is 10.0 Å². The molecule has 1 atom stereocenters. The molecule has 0 saturated carbocycles. The first-order valence-electron chi connectivity index (χ1n) is 6.53. The predicted molar refractivity (Wildman–Crippen MR) is 83.0 cm³/mol. The monoisotopic (exact) mass is 340 g/mol. The fraction of sp³-hybridized carbons (Fsp3) is 0.467. The topological polar surface area (TPSA) is 58.2 Å². The number of rotatable bonds is 4. The first kappa shape index (κ1) is 16.7. The highest BCUT2D eigenvalue weighted by Gasteiger charge is 2.24. The van der Waals surface area contributed by atoms with Gasteiger partial charge in [0.1, 0.15) is 6.04 Å². The second-order valence-electron chi connectivity index (χ2n) is 5.79. The van der Waals surface area contributed by atoms with E-state index in [2.05, 4.69) is 26.6 Å². The number of amides is 2. The minimum absolute atomic E-state index is 0.135. The SMILES string of the molecule is C[C@@H](NC(=O)C(C)(C)C)C(=O)NCc1ccc(Br)cc1. The highest BCUT2D eigenvalue weighted by atomic mass is 79.9. The highest BCUT2D eigenvalue weighted by Crippen LogP contribution is 2.13. The van der Waals surface area contributed by atoms with Gasteiger partial charge in [-0.15, -0.1) is 0 Å². The van der Waals surface area contributed by atoms with Crippen molar-refractivity contribution in [2.75, 3.05) is 0 Å². The van der Waals surface area contributed by atoms with Crippen LogP contribution in [0.5, 0.6) is 0 Å². The molecule has 20 heavy (non-hydrogen) atoms. The Balaban J connectivity index is 2.46. The van der Waals surface area contributed by atoms with Crippen LogP contribution in [0.4, 0.5) is 0 Å². The van der Waals surface area contributed by atoms with Crippen molar-refractivity contribution in [1.29, 1.82) is 0 Å². The van der Waals surface area contributed by atoms with Gasteiger partial charge in [-0.2, -0.15) is 0 Å². The molecule has 1 aromatic carbocycles. The number of hydrogen-bond donors (Lipinski definition) is 2. The number of carbonyl (C=O) groups excluding carboxylic acids is 2. The van der Waals surface area contributed by atoms with Crippen LogP contribution in [-0.4, -0.2) is 17.9 Å². The summed E-state index contributed by atoms with van der Waals surface area (Å²) in [5.74, 6) is -0.325. The van der Waals surface area contributed by atoms with Gasteiger partial charge in [-0.05, 0) is 24.6 Å². The third kappa shape index (κ3) is 5.33. The quantitative estimate of drug-likeness (QED) is 0.885. The van der Waals surface area contributed by atoms with Crippen molar-refractivity contribution in [1.82, 2.24) is 10.6 Å². The summed E-state index contributed by atoms with van der Waals surface area (Å²) in [5, 5.41) is 5.51. The van der Waals surface area contributed by atoms with Crippen LogP contribution in [0.1, 0.15) is 33.3 Å². The summed E-state index contributed by atoms with van der Waals surface area (Å²) < 4.78 is 0.999. The molecule has 0 fully saturated rings. The van der Waals surface area contributed by atoms with Gasteiger partial charge in [-0.25, -0.2) is 0 Å². The Labute approximate surface area is 128 Å². The number of carbonyl (C=O) groups is 2. The van der Waals surface area contributed by atoms with Gasteiger partial charge in [0.05, 0.1) is 0 Å². The van der Waals surface area contributed by atoms with E-state index >= 15 is 0 Å². The maximum absolute atomic E-state index is 11.9. The van der Waals surface area contributed by atoms with E-state index in [4.69, 9.17) is 0 Å². The summed E-state index contributed by atoms with van der Waals surface area (Å²) >= 11 is 3.36. The molecule has 0 aromatic heterocycles. The van der Waals surface area contributed by atoms with E-state index in [-0.39, 0.29) is 11.8 Å². The standard InChI is InChI=1S/C15H21BrN2O2/c1-10(18-14(20)15(2,3)4)13(19)17-9-11-5-7-12(16)8-6-11/h5-8,10H,9H2,1-4H3,(H,17,19)(H,18,20)/t10-/m1/s1. The van der Waals surface area contributed by atoms with Gasteiger partial charge in [0.2, 0.25) is 11.8 Å². The van der Waals surface area contributed by atoms with Crippen molar-refractivity contribution in [3.8, 4) is 0 Å². The maximum atomic E-state index is 11.9. The van der Waals surface area contributed by atoms with Crippen LogP contribution in [0.25, 0.3) is 0 Å². The van der Waals surface area contributed by atoms with Gasteiger partial charge in [-0.1, -0.05) is 48.8 Å². The van der Waals surface area contributed by atoms with E-state index in [0.29, 0.717) is 6.54 Å². The van der Waals surface area contributed by atoms with Crippen molar-refractivity contribution < 1.29 is 9.59 Å². The number of nitrogens with one attached hydrogen (secondary N) is 2. The molecular formula is C15H21BrN2O2. The van der Waals surface area contributed by atoms with Gasteiger partial charge >= 0.3 is 0 Å². The predicted octanol–water partition coefficient (Wildman–Crippen LogP) is 2.62. The smallest absolute Gasteiger partial charge is 0.242 e. The third-order valence-electron chi connectivity index (χ3n) is 2.80. The lowest BCUT2D eigenvalue weighted by Crippen LogP contribution is -2.48. The molecule has 1 aromatic rings. The highest BCUT2D eigenvalue weighted by molar-refractivity contribution is 9.10. The Kier molecular flexibility index (Phi) is 5.74. The summed E-state index contributed by atoms with van der Waals surface area (Å²) in [7, 11) is 0. The Morgan fingerprint density at radius 3 is 2.25 bits per heavy atom. The van der Waals surface area contributed by atoms with Crippen LogP contribution < -0.4 is 10.6 Å². The second kappa shape index (κ2) is 6.88. The normalized spacial score (nSPS) is 12.7. The molecule has 1 rings (SSSR count). The fourth-order valence-corrected chi connectivity index (χ4v) is 1.69. The van der Waals surface area contributed by atoms with E-state index < -0.39 is 11.5 Å². The molecule has 5 heteroatoms. The summed E-state index contributed by atoms with van der Waals surface area (Å²) in [5.41, 5.74) is 0.510. The molecule has 0 spiro atoms. The first-order valence-corrected chi connectivity index (χ1v) is 7.32. The van der Waals surface area contributed by atoms with Crippen molar-refractivity contribution in [2.24, 2.45) is 5.41 Å². The second-order valence-corrected chi connectivity index (χ2v) is 6.71. The lowest BCUT2D eigenvalue weighted by atomic mass is 9.95. The summed E-state index contributed by atoms with van der Waals surface area (Å²) in [6, 6.07) is 7.17. The van der Waals surface area contributed by atoms with Crippen LogP contribution in [0.2, 0.25) is 0 Å². The third-order valence-corrected chi connectivity index (χ3v) is 3.33. The molecular weight excluding hydrogens is 320 g/mol. The minimum Gasteiger partial charge on any atom is -0.350 e. The van der Waals surface area contributed by atoms with Crippen molar-refractivity contribution >= 4 is 27.7 Å². The van der Waals surface area contributed by atoms with Gasteiger partial charge in [-0.3, -0.25) is 9.59 Å². The van der Waals surface area contributed by atoms with Crippen molar-refractivity contribution in [3.05, 3.63) is 34.3 Å². The summed E-state index contributed by atoms with van der Waals surface area (Å²) in [6.07, 6.45) is 0.